The van der Waals surface area contributed by atoms with Gasteiger partial charge in [-0.05, 0) is 29.0 Å². The number of hydrogen-bond donors (Lipinski definition) is 1. The first-order chi connectivity index (χ1) is 13.5. The maximum absolute atomic E-state index is 10.7. The second-order valence-corrected chi connectivity index (χ2v) is 7.18. The van der Waals surface area contributed by atoms with Crippen LogP contribution >= 0.6 is 28.6 Å². The van der Waals surface area contributed by atoms with Crippen LogP contribution in [0.3, 0.4) is 0 Å². The number of rotatable bonds is 5. The van der Waals surface area contributed by atoms with Crippen LogP contribution in [0.2, 0.25) is 0 Å². The fourth-order valence-corrected chi connectivity index (χ4v) is 3.31. The van der Waals surface area contributed by atoms with Crippen LogP contribution in [-0.4, -0.2) is 34.9 Å². The first-order valence-corrected chi connectivity index (χ1v) is 9.30. The molecule has 0 saturated carbocycles. The molecular formula is C17H12BrN7O2S. The molecule has 140 valence electrons. The predicted molar refractivity (Wildman–Crippen MR) is 108 cm³/mol. The minimum Gasteiger partial charge on any atom is -0.258 e. The third-order valence-corrected chi connectivity index (χ3v) is 4.89. The number of nitrogens with zero attached hydrogens (tertiary/aromatic N) is 7. The Kier molecular flexibility index (Phi) is 4.92. The molecule has 0 unspecified atom stereocenters. The SMILES string of the molecule is O=[N+]([O-])c1ccc(Cn2nnc(-c3cnn(-c4cccc(Br)c4)c3S)n2)cc1. The zero-order valence-electron chi connectivity index (χ0n) is 14.2. The third-order valence-electron chi connectivity index (χ3n) is 3.96. The lowest BCUT2D eigenvalue weighted by Gasteiger charge is -2.04. The zero-order valence-corrected chi connectivity index (χ0v) is 16.7. The lowest BCUT2D eigenvalue weighted by Crippen LogP contribution is -2.04. The molecule has 4 rings (SSSR count). The summed E-state index contributed by atoms with van der Waals surface area (Å²) in [5.74, 6) is 0.396. The minimum atomic E-state index is -0.438. The average Bonchev–Trinajstić information content (AvgIpc) is 3.28. The van der Waals surface area contributed by atoms with Crippen LogP contribution in [-0.2, 0) is 6.54 Å². The highest BCUT2D eigenvalue weighted by Crippen LogP contribution is 2.26. The van der Waals surface area contributed by atoms with E-state index < -0.39 is 4.92 Å². The summed E-state index contributed by atoms with van der Waals surface area (Å²) in [6.07, 6.45) is 1.64. The van der Waals surface area contributed by atoms with E-state index in [4.69, 9.17) is 0 Å². The van der Waals surface area contributed by atoms with Gasteiger partial charge < -0.3 is 0 Å². The van der Waals surface area contributed by atoms with Gasteiger partial charge in [0.25, 0.3) is 5.69 Å². The molecule has 11 heteroatoms. The summed E-state index contributed by atoms with van der Waals surface area (Å²) in [4.78, 5) is 11.7. The number of non-ortho nitro benzene ring substituents is 1. The molecule has 0 aliphatic rings. The highest BCUT2D eigenvalue weighted by atomic mass is 79.9. The molecular weight excluding hydrogens is 446 g/mol. The van der Waals surface area contributed by atoms with Crippen LogP contribution in [0.4, 0.5) is 5.69 Å². The molecule has 0 fully saturated rings. The molecule has 28 heavy (non-hydrogen) atoms. The Bertz CT molecular complexity index is 1160. The molecule has 2 aromatic heterocycles. The fraction of sp³-hybridized carbons (Fsp3) is 0.0588. The van der Waals surface area contributed by atoms with Crippen LogP contribution in [0.5, 0.6) is 0 Å². The monoisotopic (exact) mass is 457 g/mol. The van der Waals surface area contributed by atoms with Gasteiger partial charge >= 0.3 is 0 Å². The summed E-state index contributed by atoms with van der Waals surface area (Å²) < 4.78 is 2.61. The largest absolute Gasteiger partial charge is 0.269 e. The highest BCUT2D eigenvalue weighted by molar-refractivity contribution is 9.10. The van der Waals surface area contributed by atoms with Gasteiger partial charge in [-0.1, -0.05) is 34.1 Å². The van der Waals surface area contributed by atoms with E-state index in [0.29, 0.717) is 23.0 Å². The quantitative estimate of drug-likeness (QED) is 0.279. The fourth-order valence-electron chi connectivity index (χ4n) is 2.60. The molecule has 2 aromatic carbocycles. The van der Waals surface area contributed by atoms with E-state index in [1.165, 1.54) is 16.9 Å². The number of benzene rings is 2. The number of nitro benzene ring substituents is 1. The van der Waals surface area contributed by atoms with E-state index in [0.717, 1.165) is 15.7 Å². The number of halogens is 1. The van der Waals surface area contributed by atoms with Gasteiger partial charge in [0, 0.05) is 16.6 Å². The molecule has 4 aromatic rings. The van der Waals surface area contributed by atoms with Gasteiger partial charge in [0.15, 0.2) is 0 Å². The van der Waals surface area contributed by atoms with Crippen LogP contribution in [0.15, 0.2) is 64.2 Å². The first-order valence-electron chi connectivity index (χ1n) is 8.06. The molecule has 0 atom stereocenters. The maximum atomic E-state index is 10.7. The number of hydrogen-bond acceptors (Lipinski definition) is 7. The maximum Gasteiger partial charge on any atom is 0.269 e. The number of aromatic nitrogens is 6. The van der Waals surface area contributed by atoms with Gasteiger partial charge in [-0.2, -0.15) is 9.90 Å². The van der Waals surface area contributed by atoms with Gasteiger partial charge in [0.2, 0.25) is 5.82 Å². The number of tetrazole rings is 1. The summed E-state index contributed by atoms with van der Waals surface area (Å²) in [5.41, 5.74) is 2.36. The Morgan fingerprint density at radius 1 is 1.18 bits per heavy atom. The molecule has 0 bridgehead atoms. The van der Waals surface area contributed by atoms with E-state index in [1.807, 2.05) is 24.3 Å². The van der Waals surface area contributed by atoms with Crippen molar-refractivity contribution in [2.24, 2.45) is 0 Å². The normalized spacial score (nSPS) is 10.9. The van der Waals surface area contributed by atoms with Crippen molar-refractivity contribution in [1.82, 2.24) is 30.0 Å². The summed E-state index contributed by atoms with van der Waals surface area (Å²) in [7, 11) is 0. The van der Waals surface area contributed by atoms with E-state index in [1.54, 1.807) is 23.0 Å². The van der Waals surface area contributed by atoms with Gasteiger partial charge in [-0.3, -0.25) is 10.1 Å². The van der Waals surface area contributed by atoms with Gasteiger partial charge in [-0.15, -0.1) is 22.8 Å². The lowest BCUT2D eigenvalue weighted by atomic mass is 10.2. The van der Waals surface area contributed by atoms with E-state index in [2.05, 4.69) is 49.1 Å². The van der Waals surface area contributed by atoms with Gasteiger partial charge in [0.05, 0.1) is 28.9 Å². The molecule has 0 aliphatic heterocycles. The Morgan fingerprint density at radius 2 is 1.96 bits per heavy atom. The molecule has 0 amide bonds. The van der Waals surface area contributed by atoms with Crippen LogP contribution < -0.4 is 0 Å². The van der Waals surface area contributed by atoms with Crippen molar-refractivity contribution < 1.29 is 4.92 Å². The third kappa shape index (κ3) is 3.66. The second-order valence-electron chi connectivity index (χ2n) is 5.84. The molecule has 0 radical (unpaired) electrons. The van der Waals surface area contributed by atoms with Gasteiger partial charge in [0.1, 0.15) is 5.03 Å². The van der Waals surface area contributed by atoms with Crippen molar-refractivity contribution in [2.75, 3.05) is 0 Å². The highest BCUT2D eigenvalue weighted by Gasteiger charge is 2.16. The molecule has 0 N–H and O–H groups in total. The Balaban J connectivity index is 1.57. The van der Waals surface area contributed by atoms with E-state index >= 15 is 0 Å². The van der Waals surface area contributed by atoms with E-state index in [9.17, 15) is 10.1 Å². The van der Waals surface area contributed by atoms with Crippen molar-refractivity contribution in [1.29, 1.82) is 0 Å². The predicted octanol–water partition coefficient (Wildman–Crippen LogP) is 3.53. The minimum absolute atomic E-state index is 0.0377. The second kappa shape index (κ2) is 7.52. The first kappa shape index (κ1) is 18.3. The van der Waals surface area contributed by atoms with Crippen molar-refractivity contribution in [3.63, 3.8) is 0 Å². The molecule has 9 nitrogen and oxygen atoms in total. The summed E-state index contributed by atoms with van der Waals surface area (Å²) in [5, 5.41) is 28.2. The molecule has 2 heterocycles. The summed E-state index contributed by atoms with van der Waals surface area (Å²) >= 11 is 8.00. The molecule has 0 spiro atoms. The Labute approximate surface area is 172 Å². The van der Waals surface area contributed by atoms with Crippen LogP contribution in [0.25, 0.3) is 17.1 Å². The van der Waals surface area contributed by atoms with Crippen molar-refractivity contribution in [3.05, 3.63) is 74.9 Å². The summed E-state index contributed by atoms with van der Waals surface area (Å²) in [6.45, 7) is 0.340. The molecule has 0 saturated heterocycles. The van der Waals surface area contributed by atoms with Crippen LogP contribution in [0, 0.1) is 10.1 Å². The van der Waals surface area contributed by atoms with E-state index in [-0.39, 0.29) is 5.69 Å². The number of nitro groups is 1. The van der Waals surface area contributed by atoms with Crippen LogP contribution in [0.1, 0.15) is 5.56 Å². The standard InChI is InChI=1S/C17H12BrN7O2S/c18-12-2-1-3-14(8-12)24-17(28)15(9-19-24)16-20-22-23(21-16)10-11-4-6-13(7-5-11)25(26)27/h1-9,28H,10H2. The summed E-state index contributed by atoms with van der Waals surface area (Å²) in [6, 6.07) is 13.9. The Morgan fingerprint density at radius 3 is 2.68 bits per heavy atom. The van der Waals surface area contributed by atoms with Crippen molar-refractivity contribution in [3.8, 4) is 17.1 Å². The van der Waals surface area contributed by atoms with Gasteiger partial charge in [-0.25, -0.2) is 4.68 Å². The molecule has 0 aliphatic carbocycles. The topological polar surface area (TPSA) is 105 Å². The smallest absolute Gasteiger partial charge is 0.258 e. The number of thiol groups is 1. The van der Waals surface area contributed by atoms with Crippen molar-refractivity contribution in [2.45, 2.75) is 11.6 Å². The Hall–Kier alpha value is -3.05. The average molecular weight is 458 g/mol. The van der Waals surface area contributed by atoms with Crippen molar-refractivity contribution >= 4 is 34.2 Å². The zero-order chi connectivity index (χ0) is 19.7. The lowest BCUT2D eigenvalue weighted by molar-refractivity contribution is -0.384.